The monoisotopic (exact) mass is 209 g/mol. The first-order valence-electron chi connectivity index (χ1n) is 6.38. The molecule has 0 aromatic rings. The number of fused-ring (bicyclic) bond motifs is 2. The lowest BCUT2D eigenvalue weighted by Gasteiger charge is -2.22. The van der Waals surface area contributed by atoms with Gasteiger partial charge in [0, 0.05) is 18.9 Å². The van der Waals surface area contributed by atoms with Gasteiger partial charge in [-0.25, -0.2) is 0 Å². The molecule has 1 N–H and O–H groups in total. The van der Waals surface area contributed by atoms with Crippen molar-refractivity contribution in [3.05, 3.63) is 0 Å². The standard InChI is InChI=1S/C13H23NO/c1-9(8-14-2)13(15)7-12-6-10-3-4-11(12)5-10/h9-12,14H,3-8H2,1-2H3. The molecule has 4 unspecified atom stereocenters. The minimum atomic E-state index is 0.203. The van der Waals surface area contributed by atoms with Gasteiger partial charge in [-0.3, -0.25) is 4.79 Å². The van der Waals surface area contributed by atoms with Gasteiger partial charge in [0.1, 0.15) is 5.78 Å². The van der Waals surface area contributed by atoms with Crippen LogP contribution in [0, 0.1) is 23.7 Å². The third kappa shape index (κ3) is 2.41. The van der Waals surface area contributed by atoms with Gasteiger partial charge in [0.2, 0.25) is 0 Å². The summed E-state index contributed by atoms with van der Waals surface area (Å²) in [7, 11) is 1.92. The molecule has 4 atom stereocenters. The molecule has 2 nitrogen and oxygen atoms in total. The molecule has 2 rings (SSSR count). The fraction of sp³-hybridized carbons (Fsp3) is 0.923. The van der Waals surface area contributed by atoms with Gasteiger partial charge in [-0.05, 0) is 44.1 Å². The van der Waals surface area contributed by atoms with Crippen LogP contribution in [0.15, 0.2) is 0 Å². The van der Waals surface area contributed by atoms with E-state index in [2.05, 4.69) is 5.32 Å². The van der Waals surface area contributed by atoms with E-state index in [1.165, 1.54) is 25.7 Å². The van der Waals surface area contributed by atoms with Crippen molar-refractivity contribution < 1.29 is 4.79 Å². The van der Waals surface area contributed by atoms with Crippen molar-refractivity contribution in [1.29, 1.82) is 0 Å². The number of rotatable bonds is 5. The minimum absolute atomic E-state index is 0.203. The number of Topliss-reactive ketones (excluding diaryl/α,β-unsaturated/α-hetero) is 1. The molecule has 0 aliphatic heterocycles. The summed E-state index contributed by atoms with van der Waals surface area (Å²) in [5.41, 5.74) is 0. The van der Waals surface area contributed by atoms with Crippen molar-refractivity contribution in [2.24, 2.45) is 23.7 Å². The first kappa shape index (κ1) is 11.1. The number of carbonyl (C=O) groups excluding carboxylic acids is 1. The van der Waals surface area contributed by atoms with Crippen LogP contribution in [0.4, 0.5) is 0 Å². The molecule has 0 heterocycles. The second-order valence-corrected chi connectivity index (χ2v) is 5.56. The molecule has 2 saturated carbocycles. The second kappa shape index (κ2) is 4.65. The maximum Gasteiger partial charge on any atom is 0.137 e. The van der Waals surface area contributed by atoms with E-state index in [-0.39, 0.29) is 5.92 Å². The second-order valence-electron chi connectivity index (χ2n) is 5.56. The summed E-state index contributed by atoms with van der Waals surface area (Å²) in [6, 6.07) is 0. The predicted molar refractivity (Wildman–Crippen MR) is 61.7 cm³/mol. The highest BCUT2D eigenvalue weighted by Crippen LogP contribution is 2.49. The lowest BCUT2D eigenvalue weighted by Crippen LogP contribution is -2.26. The van der Waals surface area contributed by atoms with Gasteiger partial charge in [0.25, 0.3) is 0 Å². The van der Waals surface area contributed by atoms with Gasteiger partial charge >= 0.3 is 0 Å². The average Bonchev–Trinajstić information content (AvgIpc) is 2.79. The zero-order valence-electron chi connectivity index (χ0n) is 9.96. The first-order valence-corrected chi connectivity index (χ1v) is 6.38. The van der Waals surface area contributed by atoms with Crippen LogP contribution in [-0.4, -0.2) is 19.4 Å². The quantitative estimate of drug-likeness (QED) is 0.752. The Hall–Kier alpha value is -0.370. The van der Waals surface area contributed by atoms with Crippen molar-refractivity contribution in [3.8, 4) is 0 Å². The number of nitrogens with one attached hydrogen (secondary N) is 1. The SMILES string of the molecule is CNCC(C)C(=O)CC1CC2CCC1C2. The molecular weight excluding hydrogens is 186 g/mol. The van der Waals surface area contributed by atoms with Crippen LogP contribution in [0.1, 0.15) is 39.0 Å². The van der Waals surface area contributed by atoms with E-state index < -0.39 is 0 Å². The molecular formula is C13H23NO. The fourth-order valence-corrected chi connectivity index (χ4v) is 3.51. The van der Waals surface area contributed by atoms with E-state index in [9.17, 15) is 4.79 Å². The molecule has 2 aliphatic rings. The Kier molecular flexibility index (Phi) is 3.45. The molecule has 0 aromatic carbocycles. The van der Waals surface area contributed by atoms with E-state index in [4.69, 9.17) is 0 Å². The van der Waals surface area contributed by atoms with Crippen LogP contribution in [0.2, 0.25) is 0 Å². The lowest BCUT2D eigenvalue weighted by molar-refractivity contribution is -0.123. The van der Waals surface area contributed by atoms with E-state index in [0.29, 0.717) is 5.78 Å². The highest BCUT2D eigenvalue weighted by Gasteiger charge is 2.40. The maximum absolute atomic E-state index is 11.9. The Morgan fingerprint density at radius 3 is 2.73 bits per heavy atom. The number of ketones is 1. The molecule has 2 fully saturated rings. The molecule has 2 heteroatoms. The normalized spacial score (nSPS) is 35.7. The molecule has 2 aliphatic carbocycles. The van der Waals surface area contributed by atoms with Crippen molar-refractivity contribution in [1.82, 2.24) is 5.32 Å². The van der Waals surface area contributed by atoms with E-state index in [0.717, 1.165) is 30.7 Å². The Bertz CT molecular complexity index is 239. The summed E-state index contributed by atoms with van der Waals surface area (Å²) >= 11 is 0. The highest BCUT2D eigenvalue weighted by molar-refractivity contribution is 5.81. The average molecular weight is 209 g/mol. The van der Waals surface area contributed by atoms with E-state index >= 15 is 0 Å². The maximum atomic E-state index is 11.9. The molecule has 15 heavy (non-hydrogen) atoms. The Labute approximate surface area is 92.8 Å². The summed E-state index contributed by atoms with van der Waals surface area (Å²) in [6.45, 7) is 2.88. The molecule has 0 spiro atoms. The largest absolute Gasteiger partial charge is 0.319 e. The summed E-state index contributed by atoms with van der Waals surface area (Å²) < 4.78 is 0. The summed E-state index contributed by atoms with van der Waals surface area (Å²) in [4.78, 5) is 11.9. The lowest BCUT2D eigenvalue weighted by atomic mass is 9.83. The molecule has 0 amide bonds. The zero-order valence-corrected chi connectivity index (χ0v) is 9.96. The first-order chi connectivity index (χ1) is 7.20. The van der Waals surface area contributed by atoms with Crippen LogP contribution < -0.4 is 5.32 Å². The Morgan fingerprint density at radius 2 is 2.20 bits per heavy atom. The third-order valence-electron chi connectivity index (χ3n) is 4.41. The highest BCUT2D eigenvalue weighted by atomic mass is 16.1. The van der Waals surface area contributed by atoms with Gasteiger partial charge in [-0.1, -0.05) is 13.3 Å². The van der Waals surface area contributed by atoms with Crippen LogP contribution in [0.5, 0.6) is 0 Å². The number of carbonyl (C=O) groups is 1. The van der Waals surface area contributed by atoms with Gasteiger partial charge < -0.3 is 5.32 Å². The van der Waals surface area contributed by atoms with E-state index in [1.54, 1.807) is 0 Å². The number of hydrogen-bond acceptors (Lipinski definition) is 2. The van der Waals surface area contributed by atoms with Crippen LogP contribution in [0.3, 0.4) is 0 Å². The van der Waals surface area contributed by atoms with Crippen molar-refractivity contribution in [2.45, 2.75) is 39.0 Å². The van der Waals surface area contributed by atoms with Gasteiger partial charge in [0.15, 0.2) is 0 Å². The van der Waals surface area contributed by atoms with Crippen molar-refractivity contribution in [2.75, 3.05) is 13.6 Å². The third-order valence-corrected chi connectivity index (χ3v) is 4.41. The topological polar surface area (TPSA) is 29.1 Å². The van der Waals surface area contributed by atoms with Gasteiger partial charge in [-0.15, -0.1) is 0 Å². The van der Waals surface area contributed by atoms with Crippen LogP contribution >= 0.6 is 0 Å². The molecule has 2 bridgehead atoms. The summed E-state index contributed by atoms with van der Waals surface area (Å²) in [5.74, 6) is 3.26. The molecule has 0 aromatic heterocycles. The summed E-state index contributed by atoms with van der Waals surface area (Å²) in [6.07, 6.45) is 6.43. The summed E-state index contributed by atoms with van der Waals surface area (Å²) in [5, 5.41) is 3.09. The van der Waals surface area contributed by atoms with Crippen LogP contribution in [0.25, 0.3) is 0 Å². The minimum Gasteiger partial charge on any atom is -0.319 e. The Morgan fingerprint density at radius 1 is 1.40 bits per heavy atom. The smallest absolute Gasteiger partial charge is 0.137 e. The fourth-order valence-electron chi connectivity index (χ4n) is 3.51. The van der Waals surface area contributed by atoms with Crippen LogP contribution in [-0.2, 0) is 4.79 Å². The number of hydrogen-bond donors (Lipinski definition) is 1. The van der Waals surface area contributed by atoms with Gasteiger partial charge in [-0.2, -0.15) is 0 Å². The predicted octanol–water partition coefficient (Wildman–Crippen LogP) is 2.24. The zero-order chi connectivity index (χ0) is 10.8. The Balaban J connectivity index is 1.79. The molecule has 0 radical (unpaired) electrons. The van der Waals surface area contributed by atoms with Gasteiger partial charge in [0.05, 0.1) is 0 Å². The van der Waals surface area contributed by atoms with E-state index in [1.807, 2.05) is 14.0 Å². The molecule has 86 valence electrons. The molecule has 0 saturated heterocycles. The van der Waals surface area contributed by atoms with Crippen molar-refractivity contribution >= 4 is 5.78 Å². The van der Waals surface area contributed by atoms with Crippen molar-refractivity contribution in [3.63, 3.8) is 0 Å².